The molecular formula is C12H13F4N3O. The molecule has 8 heteroatoms. The van der Waals surface area contributed by atoms with E-state index in [0.29, 0.717) is 18.7 Å². The Morgan fingerprint density at radius 1 is 1.50 bits per heavy atom. The van der Waals surface area contributed by atoms with Crippen LogP contribution in [0.1, 0.15) is 25.3 Å². The lowest BCUT2D eigenvalue weighted by Crippen LogP contribution is -2.30. The third-order valence-electron chi connectivity index (χ3n) is 3.02. The van der Waals surface area contributed by atoms with Crippen molar-refractivity contribution in [3.63, 3.8) is 0 Å². The van der Waals surface area contributed by atoms with Gasteiger partial charge in [-0.1, -0.05) is 13.3 Å². The van der Waals surface area contributed by atoms with Gasteiger partial charge in [0.1, 0.15) is 0 Å². The number of halogens is 4. The molecule has 1 aliphatic heterocycles. The van der Waals surface area contributed by atoms with Gasteiger partial charge in [0.05, 0.1) is 5.56 Å². The van der Waals surface area contributed by atoms with E-state index in [1.165, 1.54) is 0 Å². The predicted octanol–water partition coefficient (Wildman–Crippen LogP) is 2.94. The first-order valence-electron chi connectivity index (χ1n) is 6.13. The Morgan fingerprint density at radius 2 is 2.20 bits per heavy atom. The number of nitrogens with zero attached hydrogens (tertiary/aromatic N) is 2. The van der Waals surface area contributed by atoms with E-state index in [2.05, 4.69) is 10.3 Å². The Bertz CT molecular complexity index is 518. The Hall–Kier alpha value is -1.86. The molecule has 0 radical (unpaired) electrons. The van der Waals surface area contributed by atoms with Crippen molar-refractivity contribution in [2.75, 3.05) is 11.4 Å². The normalized spacial score (nSPS) is 19.4. The molecule has 1 aromatic rings. The van der Waals surface area contributed by atoms with E-state index in [9.17, 15) is 22.4 Å². The van der Waals surface area contributed by atoms with E-state index in [0.717, 1.165) is 11.3 Å². The SMILES string of the molecule is CCC[C@H]1CN(c2ncc(C(F)(F)F)cc2F)C(=O)N1. The molecule has 0 spiro atoms. The zero-order valence-electron chi connectivity index (χ0n) is 10.7. The van der Waals surface area contributed by atoms with Crippen molar-refractivity contribution in [1.29, 1.82) is 0 Å². The molecule has 1 N–H and O–H groups in total. The van der Waals surface area contributed by atoms with Crippen molar-refractivity contribution in [3.05, 3.63) is 23.6 Å². The highest BCUT2D eigenvalue weighted by atomic mass is 19.4. The first-order valence-corrected chi connectivity index (χ1v) is 6.13. The molecule has 110 valence electrons. The van der Waals surface area contributed by atoms with Crippen molar-refractivity contribution < 1.29 is 22.4 Å². The molecule has 1 aliphatic rings. The molecule has 20 heavy (non-hydrogen) atoms. The Kier molecular flexibility index (Phi) is 3.82. The number of hydrogen-bond donors (Lipinski definition) is 1. The summed E-state index contributed by atoms with van der Waals surface area (Å²) in [5, 5.41) is 2.63. The topological polar surface area (TPSA) is 45.2 Å². The summed E-state index contributed by atoms with van der Waals surface area (Å²) in [6.45, 7) is 2.13. The van der Waals surface area contributed by atoms with Crippen LogP contribution < -0.4 is 10.2 Å². The summed E-state index contributed by atoms with van der Waals surface area (Å²) in [7, 11) is 0. The predicted molar refractivity (Wildman–Crippen MR) is 63.8 cm³/mol. The summed E-state index contributed by atoms with van der Waals surface area (Å²) in [4.78, 5) is 16.1. The van der Waals surface area contributed by atoms with Crippen LogP contribution in [0.2, 0.25) is 0 Å². The van der Waals surface area contributed by atoms with Crippen LogP contribution in [-0.2, 0) is 6.18 Å². The highest BCUT2D eigenvalue weighted by molar-refractivity contribution is 5.93. The van der Waals surface area contributed by atoms with E-state index < -0.39 is 23.6 Å². The summed E-state index contributed by atoms with van der Waals surface area (Å²) in [5.74, 6) is -1.54. The smallest absolute Gasteiger partial charge is 0.333 e. The van der Waals surface area contributed by atoms with Gasteiger partial charge in [0.25, 0.3) is 0 Å². The van der Waals surface area contributed by atoms with Crippen molar-refractivity contribution in [2.45, 2.75) is 32.0 Å². The van der Waals surface area contributed by atoms with Gasteiger partial charge >= 0.3 is 12.2 Å². The molecule has 2 heterocycles. The molecule has 0 aromatic carbocycles. The number of alkyl halides is 3. The van der Waals surface area contributed by atoms with Crippen LogP contribution in [0.25, 0.3) is 0 Å². The van der Waals surface area contributed by atoms with Crippen molar-refractivity contribution in [3.8, 4) is 0 Å². The maximum atomic E-state index is 13.7. The third-order valence-corrected chi connectivity index (χ3v) is 3.02. The van der Waals surface area contributed by atoms with E-state index in [-0.39, 0.29) is 18.4 Å². The van der Waals surface area contributed by atoms with Gasteiger partial charge in [-0.3, -0.25) is 4.90 Å². The van der Waals surface area contributed by atoms with Gasteiger partial charge in [-0.15, -0.1) is 0 Å². The monoisotopic (exact) mass is 291 g/mol. The van der Waals surface area contributed by atoms with Crippen LogP contribution in [0, 0.1) is 5.82 Å². The van der Waals surface area contributed by atoms with E-state index in [1.54, 1.807) is 0 Å². The number of carbonyl (C=O) groups excluding carboxylic acids is 1. The second kappa shape index (κ2) is 5.26. The average molecular weight is 291 g/mol. The molecule has 0 unspecified atom stereocenters. The first-order chi connectivity index (χ1) is 9.32. The van der Waals surface area contributed by atoms with Gasteiger partial charge in [-0.2, -0.15) is 13.2 Å². The van der Waals surface area contributed by atoms with Gasteiger partial charge in [-0.05, 0) is 12.5 Å². The number of pyridine rings is 1. The Morgan fingerprint density at radius 3 is 2.75 bits per heavy atom. The largest absolute Gasteiger partial charge is 0.417 e. The highest BCUT2D eigenvalue weighted by Gasteiger charge is 2.35. The summed E-state index contributed by atoms with van der Waals surface area (Å²) in [6, 6.07) is -0.339. The molecule has 1 fully saturated rings. The fraction of sp³-hybridized carbons (Fsp3) is 0.500. The number of anilines is 1. The van der Waals surface area contributed by atoms with Crippen LogP contribution in [0.5, 0.6) is 0 Å². The van der Waals surface area contributed by atoms with Gasteiger partial charge in [0.2, 0.25) is 0 Å². The van der Waals surface area contributed by atoms with Gasteiger partial charge in [-0.25, -0.2) is 14.2 Å². The minimum Gasteiger partial charge on any atom is -0.333 e. The van der Waals surface area contributed by atoms with Gasteiger partial charge < -0.3 is 5.32 Å². The standard InChI is InChI=1S/C12H13F4N3O/c1-2-3-8-6-19(11(20)18-8)10-9(13)4-7(5-17-10)12(14,15)16/h4-5,8H,2-3,6H2,1H3,(H,18,20)/t8-/m0/s1. The highest BCUT2D eigenvalue weighted by Crippen LogP contribution is 2.31. The number of nitrogens with one attached hydrogen (secondary N) is 1. The molecule has 0 aliphatic carbocycles. The molecule has 0 saturated carbocycles. The lowest BCUT2D eigenvalue weighted by atomic mass is 10.2. The summed E-state index contributed by atoms with van der Waals surface area (Å²) < 4.78 is 51.0. The molecule has 1 atom stereocenters. The number of urea groups is 1. The minimum atomic E-state index is -4.66. The second-order valence-corrected chi connectivity index (χ2v) is 4.57. The fourth-order valence-electron chi connectivity index (χ4n) is 2.08. The zero-order chi connectivity index (χ0) is 14.9. The third kappa shape index (κ3) is 2.83. The van der Waals surface area contributed by atoms with Crippen LogP contribution in [-0.4, -0.2) is 23.6 Å². The minimum absolute atomic E-state index is 0.143. The van der Waals surface area contributed by atoms with Gasteiger partial charge in [0, 0.05) is 18.8 Å². The number of rotatable bonds is 3. The van der Waals surface area contributed by atoms with E-state index in [1.807, 2.05) is 6.92 Å². The number of amides is 2. The van der Waals surface area contributed by atoms with Crippen molar-refractivity contribution in [1.82, 2.24) is 10.3 Å². The average Bonchev–Trinajstić information content (AvgIpc) is 2.69. The molecule has 1 aromatic heterocycles. The van der Waals surface area contributed by atoms with Crippen LogP contribution in [0.3, 0.4) is 0 Å². The Labute approximate surface area is 112 Å². The molecule has 2 rings (SSSR count). The molecule has 4 nitrogen and oxygen atoms in total. The summed E-state index contributed by atoms with van der Waals surface area (Å²) in [5.41, 5.74) is -1.18. The van der Waals surface area contributed by atoms with E-state index >= 15 is 0 Å². The molecule has 0 bridgehead atoms. The summed E-state index contributed by atoms with van der Waals surface area (Å²) >= 11 is 0. The van der Waals surface area contributed by atoms with Gasteiger partial charge in [0.15, 0.2) is 11.6 Å². The number of aromatic nitrogens is 1. The van der Waals surface area contributed by atoms with Crippen molar-refractivity contribution >= 4 is 11.8 Å². The van der Waals surface area contributed by atoms with E-state index in [4.69, 9.17) is 0 Å². The zero-order valence-corrected chi connectivity index (χ0v) is 10.7. The maximum Gasteiger partial charge on any atom is 0.417 e. The van der Waals surface area contributed by atoms with Crippen LogP contribution >= 0.6 is 0 Å². The molecular weight excluding hydrogens is 278 g/mol. The maximum absolute atomic E-state index is 13.7. The Balaban J connectivity index is 2.24. The quantitative estimate of drug-likeness (QED) is 0.870. The lowest BCUT2D eigenvalue weighted by molar-refractivity contribution is -0.138. The number of carbonyl (C=O) groups is 1. The fourth-order valence-corrected chi connectivity index (χ4v) is 2.08. The molecule has 2 amide bonds. The van der Waals surface area contributed by atoms with Crippen molar-refractivity contribution in [2.24, 2.45) is 0 Å². The lowest BCUT2D eigenvalue weighted by Gasteiger charge is -2.15. The second-order valence-electron chi connectivity index (χ2n) is 4.57. The van der Waals surface area contributed by atoms with Crippen LogP contribution in [0.15, 0.2) is 12.3 Å². The molecule has 1 saturated heterocycles. The number of hydrogen-bond acceptors (Lipinski definition) is 2. The van der Waals surface area contributed by atoms with Crippen LogP contribution in [0.4, 0.5) is 28.2 Å². The summed E-state index contributed by atoms with van der Waals surface area (Å²) in [6.07, 6.45) is -2.59. The first kappa shape index (κ1) is 14.5.